The third-order valence-corrected chi connectivity index (χ3v) is 6.23. The lowest BCUT2D eigenvalue weighted by atomic mass is 9.91. The Balaban J connectivity index is 1.41. The number of carbonyl (C=O) groups excluding carboxylic acids is 2. The zero-order chi connectivity index (χ0) is 17.4. The van der Waals surface area contributed by atoms with Crippen molar-refractivity contribution in [1.82, 2.24) is 10.2 Å². The van der Waals surface area contributed by atoms with Gasteiger partial charge < -0.3 is 15.5 Å². The summed E-state index contributed by atoms with van der Waals surface area (Å²) in [6.07, 6.45) is 5.42. The number of hydrogen-bond donors (Lipinski definition) is 2. The number of nitrogens with zero attached hydrogens (tertiary/aromatic N) is 1. The molecule has 134 valence electrons. The van der Waals surface area contributed by atoms with E-state index in [-0.39, 0.29) is 23.1 Å². The minimum atomic E-state index is 0.106. The van der Waals surface area contributed by atoms with Crippen LogP contribution in [0.3, 0.4) is 0 Å². The minimum Gasteiger partial charge on any atom is -0.339 e. The molecule has 2 N–H and O–H groups in total. The number of carbonyl (C=O) groups is 2. The highest BCUT2D eigenvalue weighted by Crippen LogP contribution is 2.58. The number of amides is 2. The van der Waals surface area contributed by atoms with E-state index in [2.05, 4.69) is 10.6 Å². The molecule has 1 atom stereocenters. The zero-order valence-corrected chi connectivity index (χ0v) is 14.9. The maximum Gasteiger partial charge on any atom is 0.253 e. The molecule has 5 heteroatoms. The quantitative estimate of drug-likeness (QED) is 0.888. The SMILES string of the molecule is Cc1cc(C(=O)N2CCCC2)ccc1NC(=O)C1CC12CCNCC2. The number of likely N-dealkylation sites (tertiary alicyclic amines) is 1. The molecular weight excluding hydrogens is 314 g/mol. The van der Waals surface area contributed by atoms with Crippen LogP contribution >= 0.6 is 0 Å². The van der Waals surface area contributed by atoms with Crippen LogP contribution in [-0.4, -0.2) is 42.9 Å². The van der Waals surface area contributed by atoms with Gasteiger partial charge in [0.2, 0.25) is 5.91 Å². The Morgan fingerprint density at radius 3 is 2.60 bits per heavy atom. The summed E-state index contributed by atoms with van der Waals surface area (Å²) in [5, 5.41) is 6.47. The highest BCUT2D eigenvalue weighted by Gasteiger charge is 2.57. The van der Waals surface area contributed by atoms with E-state index in [4.69, 9.17) is 0 Å². The lowest BCUT2D eigenvalue weighted by molar-refractivity contribution is -0.118. The van der Waals surface area contributed by atoms with Gasteiger partial charge in [-0.3, -0.25) is 9.59 Å². The Hall–Kier alpha value is -1.88. The molecule has 1 saturated carbocycles. The summed E-state index contributed by atoms with van der Waals surface area (Å²) in [6.45, 7) is 5.72. The molecule has 0 radical (unpaired) electrons. The Kier molecular flexibility index (Phi) is 4.28. The lowest BCUT2D eigenvalue weighted by Crippen LogP contribution is -2.31. The predicted molar refractivity (Wildman–Crippen MR) is 97.6 cm³/mol. The van der Waals surface area contributed by atoms with Crippen LogP contribution in [0.4, 0.5) is 5.69 Å². The van der Waals surface area contributed by atoms with Crippen molar-refractivity contribution in [3.63, 3.8) is 0 Å². The summed E-state index contributed by atoms with van der Waals surface area (Å²) in [7, 11) is 0. The normalized spacial score (nSPS) is 24.4. The van der Waals surface area contributed by atoms with Gasteiger partial charge in [0.15, 0.2) is 0 Å². The van der Waals surface area contributed by atoms with E-state index in [1.807, 2.05) is 30.0 Å². The second kappa shape index (κ2) is 6.45. The molecule has 0 bridgehead atoms. The number of nitrogens with one attached hydrogen (secondary N) is 2. The van der Waals surface area contributed by atoms with Crippen LogP contribution in [-0.2, 0) is 4.79 Å². The summed E-state index contributed by atoms with van der Waals surface area (Å²) in [5.41, 5.74) is 2.76. The average Bonchev–Trinajstić information content (AvgIpc) is 3.06. The van der Waals surface area contributed by atoms with Crippen molar-refractivity contribution in [2.24, 2.45) is 11.3 Å². The van der Waals surface area contributed by atoms with Crippen molar-refractivity contribution < 1.29 is 9.59 Å². The van der Waals surface area contributed by atoms with Crippen molar-refractivity contribution in [1.29, 1.82) is 0 Å². The molecule has 1 unspecified atom stereocenters. The maximum atomic E-state index is 12.6. The largest absolute Gasteiger partial charge is 0.339 e. The molecule has 2 amide bonds. The minimum absolute atomic E-state index is 0.106. The summed E-state index contributed by atoms with van der Waals surface area (Å²) >= 11 is 0. The van der Waals surface area contributed by atoms with E-state index >= 15 is 0 Å². The van der Waals surface area contributed by atoms with Crippen molar-refractivity contribution in [3.05, 3.63) is 29.3 Å². The summed E-state index contributed by atoms with van der Waals surface area (Å²) in [4.78, 5) is 27.0. The van der Waals surface area contributed by atoms with Gasteiger partial charge in [-0.2, -0.15) is 0 Å². The van der Waals surface area contributed by atoms with Gasteiger partial charge in [0, 0.05) is 30.3 Å². The zero-order valence-electron chi connectivity index (χ0n) is 14.9. The monoisotopic (exact) mass is 341 g/mol. The smallest absolute Gasteiger partial charge is 0.253 e. The van der Waals surface area contributed by atoms with Crippen molar-refractivity contribution >= 4 is 17.5 Å². The van der Waals surface area contributed by atoms with Gasteiger partial charge in [0.1, 0.15) is 0 Å². The van der Waals surface area contributed by atoms with Crippen molar-refractivity contribution in [2.75, 3.05) is 31.5 Å². The van der Waals surface area contributed by atoms with Crippen LogP contribution in [0.5, 0.6) is 0 Å². The third-order valence-electron chi connectivity index (χ3n) is 6.23. The molecule has 3 aliphatic rings. The van der Waals surface area contributed by atoms with Crippen LogP contribution in [0.15, 0.2) is 18.2 Å². The number of rotatable bonds is 3. The first kappa shape index (κ1) is 16.6. The average molecular weight is 341 g/mol. The molecule has 2 aliphatic heterocycles. The molecule has 4 rings (SSSR count). The molecule has 1 aromatic carbocycles. The second-order valence-corrected chi connectivity index (χ2v) is 7.89. The Morgan fingerprint density at radius 2 is 1.92 bits per heavy atom. The van der Waals surface area contributed by atoms with Crippen molar-refractivity contribution in [2.45, 2.75) is 39.0 Å². The summed E-state index contributed by atoms with van der Waals surface area (Å²) in [5.74, 6) is 0.401. The molecule has 5 nitrogen and oxygen atoms in total. The fourth-order valence-electron chi connectivity index (χ4n) is 4.46. The molecule has 1 aromatic rings. The number of piperidine rings is 1. The van der Waals surface area contributed by atoms with Gasteiger partial charge in [0.25, 0.3) is 5.91 Å². The first-order valence-electron chi connectivity index (χ1n) is 9.51. The van der Waals surface area contributed by atoms with E-state index < -0.39 is 0 Å². The fourth-order valence-corrected chi connectivity index (χ4v) is 4.46. The molecular formula is C20H27N3O2. The van der Waals surface area contributed by atoms with Crippen LogP contribution in [0.2, 0.25) is 0 Å². The van der Waals surface area contributed by atoms with Crippen LogP contribution in [0.1, 0.15) is 48.0 Å². The number of hydrogen-bond acceptors (Lipinski definition) is 3. The number of benzene rings is 1. The topological polar surface area (TPSA) is 61.4 Å². The Bertz CT molecular complexity index is 688. The standard InChI is InChI=1S/C20H27N3O2/c1-14-12-15(19(25)23-10-2-3-11-23)4-5-17(14)22-18(24)16-13-20(16)6-8-21-9-7-20/h4-5,12,16,21H,2-3,6-11,13H2,1H3,(H,22,24). The van der Waals surface area contributed by atoms with Gasteiger partial charge in [0.05, 0.1) is 0 Å². The summed E-state index contributed by atoms with van der Waals surface area (Å²) in [6, 6.07) is 5.63. The lowest BCUT2D eigenvalue weighted by Gasteiger charge is -2.23. The summed E-state index contributed by atoms with van der Waals surface area (Å²) < 4.78 is 0. The Labute approximate surface area is 149 Å². The highest BCUT2D eigenvalue weighted by atomic mass is 16.2. The first-order valence-corrected chi connectivity index (χ1v) is 9.51. The molecule has 1 spiro atoms. The number of aryl methyl sites for hydroxylation is 1. The molecule has 1 aliphatic carbocycles. The van der Waals surface area contributed by atoms with Crippen molar-refractivity contribution in [3.8, 4) is 0 Å². The molecule has 0 aromatic heterocycles. The second-order valence-electron chi connectivity index (χ2n) is 7.89. The van der Waals surface area contributed by atoms with E-state index in [0.717, 1.165) is 75.1 Å². The Morgan fingerprint density at radius 1 is 1.20 bits per heavy atom. The van der Waals surface area contributed by atoms with E-state index in [1.54, 1.807) is 0 Å². The third kappa shape index (κ3) is 3.17. The van der Waals surface area contributed by atoms with Crippen LogP contribution in [0, 0.1) is 18.3 Å². The number of anilines is 1. The first-order chi connectivity index (χ1) is 12.1. The van der Waals surface area contributed by atoms with Crippen LogP contribution < -0.4 is 10.6 Å². The van der Waals surface area contributed by atoms with Gasteiger partial charge in [-0.05, 0) is 81.3 Å². The van der Waals surface area contributed by atoms with Gasteiger partial charge in [-0.15, -0.1) is 0 Å². The predicted octanol–water partition coefficient (Wildman–Crippen LogP) is 2.56. The van der Waals surface area contributed by atoms with E-state index in [1.165, 1.54) is 0 Å². The van der Waals surface area contributed by atoms with E-state index in [9.17, 15) is 9.59 Å². The molecule has 2 heterocycles. The van der Waals surface area contributed by atoms with Gasteiger partial charge in [-0.1, -0.05) is 0 Å². The van der Waals surface area contributed by atoms with E-state index in [0.29, 0.717) is 0 Å². The highest BCUT2D eigenvalue weighted by molar-refractivity contribution is 5.98. The maximum absolute atomic E-state index is 12.6. The molecule has 2 saturated heterocycles. The fraction of sp³-hybridized carbons (Fsp3) is 0.600. The van der Waals surface area contributed by atoms with Gasteiger partial charge >= 0.3 is 0 Å². The van der Waals surface area contributed by atoms with Gasteiger partial charge in [-0.25, -0.2) is 0 Å². The molecule has 3 fully saturated rings. The molecule has 25 heavy (non-hydrogen) atoms. The van der Waals surface area contributed by atoms with Crippen LogP contribution in [0.25, 0.3) is 0 Å².